The van der Waals surface area contributed by atoms with E-state index in [1.165, 1.54) is 31.2 Å². The molecule has 0 heterocycles. The van der Waals surface area contributed by atoms with Crippen molar-refractivity contribution in [1.29, 1.82) is 0 Å². The first-order valence-electron chi connectivity index (χ1n) is 7.28. The van der Waals surface area contributed by atoms with Gasteiger partial charge in [-0.15, -0.1) is 0 Å². The minimum absolute atomic E-state index is 0.354. The Bertz CT molecular complexity index is 407. The van der Waals surface area contributed by atoms with Crippen LogP contribution in [0.15, 0.2) is 24.3 Å². The summed E-state index contributed by atoms with van der Waals surface area (Å²) in [5.41, 5.74) is 7.29. The van der Waals surface area contributed by atoms with E-state index in [4.69, 9.17) is 17.3 Å². The van der Waals surface area contributed by atoms with Crippen molar-refractivity contribution in [3.8, 4) is 0 Å². The summed E-state index contributed by atoms with van der Waals surface area (Å²) in [6.07, 6.45) is 4.95. The quantitative estimate of drug-likeness (QED) is 0.908. The second-order valence-corrected chi connectivity index (χ2v) is 6.34. The van der Waals surface area contributed by atoms with E-state index < -0.39 is 0 Å². The molecule has 1 fully saturated rings. The SMILES string of the molecule is CC(c1ccccc1Cl)N(C)CC1CCCC(N)C1. The Kier molecular flexibility index (Phi) is 5.26. The average molecular weight is 281 g/mol. The summed E-state index contributed by atoms with van der Waals surface area (Å²) in [6.45, 7) is 3.34. The van der Waals surface area contributed by atoms with E-state index in [1.807, 2.05) is 12.1 Å². The number of hydrogen-bond donors (Lipinski definition) is 1. The molecule has 1 saturated carbocycles. The Labute approximate surface area is 121 Å². The van der Waals surface area contributed by atoms with Gasteiger partial charge in [-0.25, -0.2) is 0 Å². The van der Waals surface area contributed by atoms with Gasteiger partial charge in [0.2, 0.25) is 0 Å². The topological polar surface area (TPSA) is 29.3 Å². The number of hydrogen-bond acceptors (Lipinski definition) is 2. The van der Waals surface area contributed by atoms with E-state index in [2.05, 4.69) is 31.0 Å². The lowest BCUT2D eigenvalue weighted by Gasteiger charge is -2.33. The van der Waals surface area contributed by atoms with Gasteiger partial charge in [-0.05, 0) is 50.8 Å². The highest BCUT2D eigenvalue weighted by molar-refractivity contribution is 6.31. The predicted molar refractivity (Wildman–Crippen MR) is 82.4 cm³/mol. The summed E-state index contributed by atoms with van der Waals surface area (Å²) in [7, 11) is 2.19. The van der Waals surface area contributed by atoms with Crippen LogP contribution in [0.25, 0.3) is 0 Å². The van der Waals surface area contributed by atoms with E-state index >= 15 is 0 Å². The fraction of sp³-hybridized carbons (Fsp3) is 0.625. The molecule has 0 bridgehead atoms. The zero-order valence-corrected chi connectivity index (χ0v) is 12.7. The second kappa shape index (κ2) is 6.74. The monoisotopic (exact) mass is 280 g/mol. The van der Waals surface area contributed by atoms with Crippen LogP contribution in [0.4, 0.5) is 0 Å². The van der Waals surface area contributed by atoms with Crippen molar-refractivity contribution in [1.82, 2.24) is 4.90 Å². The van der Waals surface area contributed by atoms with Crippen molar-refractivity contribution in [2.75, 3.05) is 13.6 Å². The van der Waals surface area contributed by atoms with E-state index in [1.54, 1.807) is 0 Å². The molecule has 0 aliphatic heterocycles. The predicted octanol–water partition coefficient (Wildman–Crippen LogP) is 3.85. The molecule has 2 N–H and O–H groups in total. The lowest BCUT2D eigenvalue weighted by molar-refractivity contribution is 0.184. The largest absolute Gasteiger partial charge is 0.328 e. The van der Waals surface area contributed by atoms with Crippen molar-refractivity contribution in [3.63, 3.8) is 0 Å². The van der Waals surface area contributed by atoms with Crippen LogP contribution in [-0.4, -0.2) is 24.5 Å². The highest BCUT2D eigenvalue weighted by Crippen LogP contribution is 2.29. The van der Waals surface area contributed by atoms with Gasteiger partial charge in [0.05, 0.1) is 0 Å². The summed E-state index contributed by atoms with van der Waals surface area (Å²) >= 11 is 6.28. The van der Waals surface area contributed by atoms with Gasteiger partial charge in [0, 0.05) is 23.7 Å². The minimum atomic E-state index is 0.354. The van der Waals surface area contributed by atoms with Crippen LogP contribution in [-0.2, 0) is 0 Å². The number of rotatable bonds is 4. The maximum Gasteiger partial charge on any atom is 0.0453 e. The molecule has 0 spiro atoms. The third-order valence-corrected chi connectivity index (χ3v) is 4.73. The van der Waals surface area contributed by atoms with Crippen LogP contribution in [0, 0.1) is 5.92 Å². The fourth-order valence-electron chi connectivity index (χ4n) is 3.12. The highest BCUT2D eigenvalue weighted by Gasteiger charge is 2.23. The summed E-state index contributed by atoms with van der Waals surface area (Å²) < 4.78 is 0. The molecule has 3 heteroatoms. The molecule has 1 aromatic carbocycles. The van der Waals surface area contributed by atoms with Crippen LogP contribution >= 0.6 is 11.6 Å². The Morgan fingerprint density at radius 2 is 2.11 bits per heavy atom. The molecule has 3 unspecified atom stereocenters. The van der Waals surface area contributed by atoms with Gasteiger partial charge in [-0.1, -0.05) is 36.2 Å². The second-order valence-electron chi connectivity index (χ2n) is 5.93. The maximum absolute atomic E-state index is 6.28. The van der Waals surface area contributed by atoms with Gasteiger partial charge in [0.1, 0.15) is 0 Å². The van der Waals surface area contributed by atoms with Gasteiger partial charge >= 0.3 is 0 Å². The van der Waals surface area contributed by atoms with Crippen LogP contribution in [0.5, 0.6) is 0 Å². The molecule has 2 nitrogen and oxygen atoms in total. The molecule has 0 aromatic heterocycles. The first kappa shape index (κ1) is 14.8. The average Bonchev–Trinajstić information content (AvgIpc) is 2.38. The molecule has 3 atom stereocenters. The van der Waals surface area contributed by atoms with Crippen molar-refractivity contribution >= 4 is 11.6 Å². The van der Waals surface area contributed by atoms with Gasteiger partial charge in [0.15, 0.2) is 0 Å². The standard InChI is InChI=1S/C16H25ClN2/c1-12(15-8-3-4-9-16(15)17)19(2)11-13-6-5-7-14(18)10-13/h3-4,8-9,12-14H,5-7,10-11,18H2,1-2H3. The van der Waals surface area contributed by atoms with Gasteiger partial charge < -0.3 is 5.73 Å². The highest BCUT2D eigenvalue weighted by atomic mass is 35.5. The molecule has 106 valence electrons. The lowest BCUT2D eigenvalue weighted by atomic mass is 9.85. The Hall–Kier alpha value is -0.570. The zero-order chi connectivity index (χ0) is 13.8. The maximum atomic E-state index is 6.28. The number of halogens is 1. The van der Waals surface area contributed by atoms with Crippen LogP contribution in [0.3, 0.4) is 0 Å². The van der Waals surface area contributed by atoms with E-state index in [9.17, 15) is 0 Å². The normalized spacial score (nSPS) is 25.5. The Balaban J connectivity index is 1.95. The third-order valence-electron chi connectivity index (χ3n) is 4.39. The number of nitrogens with two attached hydrogens (primary N) is 1. The number of nitrogens with zero attached hydrogens (tertiary/aromatic N) is 1. The molecule has 19 heavy (non-hydrogen) atoms. The van der Waals surface area contributed by atoms with Crippen molar-refractivity contribution in [2.45, 2.75) is 44.7 Å². The smallest absolute Gasteiger partial charge is 0.0453 e. The zero-order valence-electron chi connectivity index (χ0n) is 12.0. The molecule has 1 aliphatic carbocycles. The molecular formula is C16H25ClN2. The van der Waals surface area contributed by atoms with Crippen LogP contribution in [0.2, 0.25) is 5.02 Å². The molecule has 1 aliphatic rings. The third kappa shape index (κ3) is 3.95. The van der Waals surface area contributed by atoms with Crippen LogP contribution < -0.4 is 5.73 Å². The van der Waals surface area contributed by atoms with Crippen molar-refractivity contribution in [3.05, 3.63) is 34.9 Å². The van der Waals surface area contributed by atoms with Gasteiger partial charge in [0.25, 0.3) is 0 Å². The first-order chi connectivity index (χ1) is 9.08. The molecular weight excluding hydrogens is 256 g/mol. The summed E-state index contributed by atoms with van der Waals surface area (Å²) in [5.74, 6) is 0.735. The fourth-order valence-corrected chi connectivity index (χ4v) is 3.41. The Morgan fingerprint density at radius 1 is 1.37 bits per heavy atom. The molecule has 1 aromatic rings. The summed E-state index contributed by atoms with van der Waals surface area (Å²) in [4.78, 5) is 2.41. The minimum Gasteiger partial charge on any atom is -0.328 e. The first-order valence-corrected chi connectivity index (χ1v) is 7.66. The van der Waals surface area contributed by atoms with Crippen molar-refractivity contribution in [2.24, 2.45) is 11.7 Å². The van der Waals surface area contributed by atoms with E-state index in [0.29, 0.717) is 12.1 Å². The number of benzene rings is 1. The molecule has 0 radical (unpaired) electrons. The molecule has 0 saturated heterocycles. The van der Waals surface area contributed by atoms with E-state index in [-0.39, 0.29) is 0 Å². The van der Waals surface area contributed by atoms with Crippen LogP contribution in [0.1, 0.15) is 44.2 Å². The lowest BCUT2D eigenvalue weighted by Crippen LogP contribution is -2.35. The summed E-state index contributed by atoms with van der Waals surface area (Å²) in [6, 6.07) is 8.89. The van der Waals surface area contributed by atoms with Crippen molar-refractivity contribution < 1.29 is 0 Å². The Morgan fingerprint density at radius 3 is 2.79 bits per heavy atom. The van der Waals surface area contributed by atoms with Gasteiger partial charge in [-0.3, -0.25) is 4.90 Å². The van der Waals surface area contributed by atoms with Gasteiger partial charge in [-0.2, -0.15) is 0 Å². The van der Waals surface area contributed by atoms with E-state index in [0.717, 1.165) is 17.5 Å². The molecule has 2 rings (SSSR count). The molecule has 0 amide bonds. The summed E-state index contributed by atoms with van der Waals surface area (Å²) in [5, 5.41) is 0.863.